The number of rotatable bonds is 11. The Hall–Kier alpha value is -4.34. The number of aliphatic hydroxyl groups is 1. The molecular weight excluding hydrogens is 548 g/mol. The summed E-state index contributed by atoms with van der Waals surface area (Å²) in [7, 11) is 0. The van der Waals surface area contributed by atoms with Crippen LogP contribution < -0.4 is 9.47 Å². The maximum atomic E-state index is 13.6. The molecule has 2 N–H and O–H groups in total. The number of morpholine rings is 1. The lowest BCUT2D eigenvalue weighted by molar-refractivity contribution is -0.140. The van der Waals surface area contributed by atoms with Crippen LogP contribution in [0.1, 0.15) is 41.6 Å². The second-order valence-corrected chi connectivity index (χ2v) is 10.7. The molecule has 1 amide bonds. The molecule has 2 fully saturated rings. The highest BCUT2D eigenvalue weighted by molar-refractivity contribution is 6.46. The molecule has 2 aliphatic rings. The Morgan fingerprint density at radius 2 is 1.74 bits per heavy atom. The van der Waals surface area contributed by atoms with E-state index in [9.17, 15) is 19.8 Å². The number of nitrogens with zero attached hydrogens (tertiary/aromatic N) is 2. The maximum absolute atomic E-state index is 13.6. The molecule has 2 heterocycles. The number of phenols is 1. The van der Waals surface area contributed by atoms with E-state index < -0.39 is 17.7 Å². The number of likely N-dealkylation sites (tertiary alicyclic amines) is 1. The van der Waals surface area contributed by atoms with E-state index in [0.29, 0.717) is 61.8 Å². The van der Waals surface area contributed by atoms with Crippen LogP contribution in [0.5, 0.6) is 17.2 Å². The lowest BCUT2D eigenvalue weighted by Gasteiger charge is -2.29. The number of carbonyl (C=O) groups is 2. The minimum absolute atomic E-state index is 0.00515. The van der Waals surface area contributed by atoms with Crippen LogP contribution in [0.3, 0.4) is 0 Å². The third-order valence-corrected chi connectivity index (χ3v) is 7.82. The molecular formula is C34H38N2O7. The van der Waals surface area contributed by atoms with Crippen molar-refractivity contribution < 1.29 is 34.0 Å². The highest BCUT2D eigenvalue weighted by Crippen LogP contribution is 2.42. The summed E-state index contributed by atoms with van der Waals surface area (Å²) in [5.74, 6) is -0.842. The number of aryl methyl sites for hydroxylation is 1. The molecule has 0 bridgehead atoms. The SMILES string of the molecule is CCOc1cc(C2/C(=C(\O)c3ccc(OCc4ccccc4)cc3C)C(=O)C(=O)N2CCCN2CCOCC2)ccc1O. The average Bonchev–Trinajstić information content (AvgIpc) is 3.27. The van der Waals surface area contributed by atoms with Crippen LogP contribution in [0.2, 0.25) is 0 Å². The third-order valence-electron chi connectivity index (χ3n) is 7.82. The number of Topliss-reactive ketones (excluding diaryl/α,β-unsaturated/α-hetero) is 1. The molecule has 2 saturated heterocycles. The first-order chi connectivity index (χ1) is 20.9. The Bertz CT molecular complexity index is 1480. The third kappa shape index (κ3) is 6.84. The lowest BCUT2D eigenvalue weighted by atomic mass is 9.93. The van der Waals surface area contributed by atoms with Crippen molar-refractivity contribution in [3.05, 3.63) is 94.6 Å². The molecule has 43 heavy (non-hydrogen) atoms. The number of benzene rings is 3. The summed E-state index contributed by atoms with van der Waals surface area (Å²) in [5, 5.41) is 22.0. The summed E-state index contributed by atoms with van der Waals surface area (Å²) in [6, 6.07) is 19.0. The number of ketones is 1. The van der Waals surface area contributed by atoms with Gasteiger partial charge in [0.05, 0.1) is 31.4 Å². The number of aromatic hydroxyl groups is 1. The van der Waals surface area contributed by atoms with Crippen LogP contribution in [0.15, 0.2) is 72.3 Å². The normalized spacial score (nSPS) is 18.7. The van der Waals surface area contributed by atoms with Crippen molar-refractivity contribution in [3.8, 4) is 17.2 Å². The van der Waals surface area contributed by atoms with Gasteiger partial charge in [0.25, 0.3) is 11.7 Å². The van der Waals surface area contributed by atoms with E-state index in [1.165, 1.54) is 11.0 Å². The summed E-state index contributed by atoms with van der Waals surface area (Å²) in [6.07, 6.45) is 0.645. The standard InChI is InChI=1S/C34H38N2O7/c1-3-42-29-21-25(10-13-28(29)37)31-30(33(39)34(40)36(31)15-7-14-35-16-18-41-19-17-35)32(38)27-12-11-26(20-23(27)2)43-22-24-8-5-4-6-9-24/h4-6,8-13,20-21,31,37-38H,3,7,14-19,22H2,1-2H3/b32-30+. The molecule has 3 aromatic rings. The molecule has 9 nitrogen and oxygen atoms in total. The van der Waals surface area contributed by atoms with E-state index in [-0.39, 0.29) is 22.8 Å². The van der Waals surface area contributed by atoms with E-state index >= 15 is 0 Å². The van der Waals surface area contributed by atoms with Gasteiger partial charge in [-0.2, -0.15) is 0 Å². The predicted molar refractivity (Wildman–Crippen MR) is 162 cm³/mol. The minimum atomic E-state index is -0.849. The molecule has 0 aromatic heterocycles. The zero-order chi connectivity index (χ0) is 30.3. The fraction of sp³-hybridized carbons (Fsp3) is 0.353. The molecule has 226 valence electrons. The molecule has 9 heteroatoms. The highest BCUT2D eigenvalue weighted by atomic mass is 16.5. The maximum Gasteiger partial charge on any atom is 0.295 e. The van der Waals surface area contributed by atoms with Gasteiger partial charge in [0.1, 0.15) is 18.1 Å². The minimum Gasteiger partial charge on any atom is -0.507 e. The fourth-order valence-electron chi connectivity index (χ4n) is 5.60. The highest BCUT2D eigenvalue weighted by Gasteiger charge is 2.46. The second-order valence-electron chi connectivity index (χ2n) is 10.7. The first-order valence-corrected chi connectivity index (χ1v) is 14.7. The topological polar surface area (TPSA) is 109 Å². The number of amides is 1. The van der Waals surface area contributed by atoms with Gasteiger partial charge in [0, 0.05) is 31.7 Å². The first kappa shape index (κ1) is 30.1. The largest absolute Gasteiger partial charge is 0.507 e. The van der Waals surface area contributed by atoms with Crippen LogP contribution in [-0.2, 0) is 20.9 Å². The first-order valence-electron chi connectivity index (χ1n) is 14.7. The Labute approximate surface area is 251 Å². The smallest absolute Gasteiger partial charge is 0.295 e. The summed E-state index contributed by atoms with van der Waals surface area (Å²) >= 11 is 0. The molecule has 5 rings (SSSR count). The lowest BCUT2D eigenvalue weighted by Crippen LogP contribution is -2.38. The van der Waals surface area contributed by atoms with Gasteiger partial charge >= 0.3 is 0 Å². The van der Waals surface area contributed by atoms with Gasteiger partial charge in [0.2, 0.25) is 0 Å². The summed E-state index contributed by atoms with van der Waals surface area (Å²) in [6.45, 7) is 8.41. The molecule has 0 spiro atoms. The van der Waals surface area contributed by atoms with E-state index in [1.54, 1.807) is 37.3 Å². The average molecular weight is 587 g/mol. The van der Waals surface area contributed by atoms with Crippen LogP contribution >= 0.6 is 0 Å². The summed E-state index contributed by atoms with van der Waals surface area (Å²) < 4.78 is 17.0. The number of phenolic OH excluding ortho intramolecular Hbond substituents is 1. The number of aliphatic hydroxyl groups excluding tert-OH is 1. The predicted octanol–water partition coefficient (Wildman–Crippen LogP) is 4.82. The molecule has 1 unspecified atom stereocenters. The molecule has 1 atom stereocenters. The number of carbonyl (C=O) groups excluding carboxylic acids is 2. The van der Waals surface area contributed by atoms with Crippen molar-refractivity contribution in [1.82, 2.24) is 9.80 Å². The van der Waals surface area contributed by atoms with Crippen molar-refractivity contribution in [2.24, 2.45) is 0 Å². The zero-order valence-electron chi connectivity index (χ0n) is 24.6. The molecule has 0 aliphatic carbocycles. The van der Waals surface area contributed by atoms with Gasteiger partial charge < -0.3 is 29.3 Å². The number of hydrogen-bond acceptors (Lipinski definition) is 8. The number of ether oxygens (including phenoxy) is 3. The van der Waals surface area contributed by atoms with Crippen molar-refractivity contribution in [3.63, 3.8) is 0 Å². The van der Waals surface area contributed by atoms with E-state index in [0.717, 1.165) is 25.2 Å². The zero-order valence-corrected chi connectivity index (χ0v) is 24.6. The van der Waals surface area contributed by atoms with Crippen LogP contribution in [0, 0.1) is 6.92 Å². The van der Waals surface area contributed by atoms with Gasteiger partial charge in [-0.3, -0.25) is 14.5 Å². The van der Waals surface area contributed by atoms with Gasteiger partial charge in [-0.1, -0.05) is 36.4 Å². The van der Waals surface area contributed by atoms with Gasteiger partial charge in [-0.25, -0.2) is 0 Å². The summed E-state index contributed by atoms with van der Waals surface area (Å²) in [5.41, 5.74) is 2.73. The number of hydrogen-bond donors (Lipinski definition) is 2. The fourth-order valence-corrected chi connectivity index (χ4v) is 5.60. The molecule has 0 saturated carbocycles. The Balaban J connectivity index is 1.46. The van der Waals surface area contributed by atoms with Gasteiger partial charge in [-0.05, 0) is 67.3 Å². The second kappa shape index (κ2) is 13.8. The van der Waals surface area contributed by atoms with Crippen LogP contribution in [0.4, 0.5) is 0 Å². The summed E-state index contributed by atoms with van der Waals surface area (Å²) in [4.78, 5) is 30.8. The van der Waals surface area contributed by atoms with E-state index in [1.807, 2.05) is 37.3 Å². The van der Waals surface area contributed by atoms with Crippen molar-refractivity contribution in [2.75, 3.05) is 46.0 Å². The van der Waals surface area contributed by atoms with Crippen molar-refractivity contribution >= 4 is 17.4 Å². The Morgan fingerprint density at radius 1 is 0.977 bits per heavy atom. The molecule has 0 radical (unpaired) electrons. The van der Waals surface area contributed by atoms with Gasteiger partial charge in [-0.15, -0.1) is 0 Å². The molecule has 2 aliphatic heterocycles. The molecule has 3 aromatic carbocycles. The monoisotopic (exact) mass is 586 g/mol. The van der Waals surface area contributed by atoms with Crippen LogP contribution in [-0.4, -0.2) is 77.7 Å². The van der Waals surface area contributed by atoms with Crippen molar-refractivity contribution in [2.45, 2.75) is 32.9 Å². The van der Waals surface area contributed by atoms with Gasteiger partial charge in [0.15, 0.2) is 11.5 Å². The van der Waals surface area contributed by atoms with E-state index in [4.69, 9.17) is 14.2 Å². The van der Waals surface area contributed by atoms with Crippen LogP contribution in [0.25, 0.3) is 5.76 Å². The Kier molecular flexibility index (Phi) is 9.64. The van der Waals surface area contributed by atoms with E-state index in [2.05, 4.69) is 4.90 Å². The Morgan fingerprint density at radius 3 is 2.47 bits per heavy atom. The quantitative estimate of drug-likeness (QED) is 0.187. The van der Waals surface area contributed by atoms with Crippen molar-refractivity contribution in [1.29, 1.82) is 0 Å².